The number of aliphatic hydroxyl groups is 1. The lowest BCUT2D eigenvalue weighted by Crippen LogP contribution is -2.29. The number of rotatable bonds is 6. The molecule has 1 fully saturated rings. The number of hydrogen-bond acceptors (Lipinski definition) is 7. The monoisotopic (exact) mass is 571 g/mol. The van der Waals surface area contributed by atoms with Gasteiger partial charge < -0.3 is 5.11 Å². The summed E-state index contributed by atoms with van der Waals surface area (Å²) in [5.74, 6) is -1.99. The first kappa shape index (κ1) is 25.4. The molecular formula is C26H16Cl2FN3O3S2. The molecule has 1 aromatic heterocycles. The number of ketones is 1. The molecule has 0 saturated carbocycles. The van der Waals surface area contributed by atoms with Crippen LogP contribution in [0.25, 0.3) is 5.76 Å². The van der Waals surface area contributed by atoms with Crippen molar-refractivity contribution < 1.29 is 19.1 Å². The lowest BCUT2D eigenvalue weighted by molar-refractivity contribution is -0.132. The Bertz CT molecular complexity index is 1510. The summed E-state index contributed by atoms with van der Waals surface area (Å²) in [5.41, 5.74) is 1.64. The number of nitrogens with zero attached hydrogens (tertiary/aromatic N) is 3. The maximum atomic E-state index is 13.7. The third kappa shape index (κ3) is 5.26. The largest absolute Gasteiger partial charge is 0.507 e. The van der Waals surface area contributed by atoms with E-state index < -0.39 is 23.5 Å². The molecule has 0 bridgehead atoms. The molecule has 1 N–H and O–H groups in total. The Kier molecular flexibility index (Phi) is 7.30. The summed E-state index contributed by atoms with van der Waals surface area (Å²) in [5, 5.41) is 20.7. The van der Waals surface area contributed by atoms with E-state index in [0.717, 1.165) is 16.9 Å². The summed E-state index contributed by atoms with van der Waals surface area (Å²) in [6, 6.07) is 18.0. The number of aromatic nitrogens is 2. The highest BCUT2D eigenvalue weighted by atomic mass is 35.5. The fourth-order valence-corrected chi connectivity index (χ4v) is 5.91. The van der Waals surface area contributed by atoms with Crippen molar-refractivity contribution in [3.8, 4) is 0 Å². The van der Waals surface area contributed by atoms with Gasteiger partial charge in [0.05, 0.1) is 11.6 Å². The number of Topliss-reactive ketones (excluding diaryl/α,β-unsaturated/α-hetero) is 1. The highest BCUT2D eigenvalue weighted by Gasteiger charge is 2.48. The van der Waals surface area contributed by atoms with E-state index in [4.69, 9.17) is 23.2 Å². The number of carbonyl (C=O) groups excluding carboxylic acids is 2. The van der Waals surface area contributed by atoms with Crippen molar-refractivity contribution in [3.63, 3.8) is 0 Å². The lowest BCUT2D eigenvalue weighted by Gasteiger charge is -2.22. The van der Waals surface area contributed by atoms with Crippen LogP contribution in [0, 0.1) is 5.82 Å². The third-order valence-corrected chi connectivity index (χ3v) is 8.26. The molecule has 0 aliphatic carbocycles. The minimum absolute atomic E-state index is 0.135. The smallest absolute Gasteiger partial charge is 0.301 e. The first-order valence-electron chi connectivity index (χ1n) is 10.8. The molecule has 0 spiro atoms. The van der Waals surface area contributed by atoms with Crippen LogP contribution >= 0.6 is 46.3 Å². The molecule has 1 aliphatic rings. The van der Waals surface area contributed by atoms with Crippen molar-refractivity contribution in [2.45, 2.75) is 16.1 Å². The number of hydrogen-bond donors (Lipinski definition) is 1. The summed E-state index contributed by atoms with van der Waals surface area (Å²) in [6.45, 7) is 0. The second-order valence-corrected chi connectivity index (χ2v) is 11.0. The first-order valence-corrected chi connectivity index (χ1v) is 13.4. The molecule has 1 unspecified atom stereocenters. The van der Waals surface area contributed by atoms with Crippen LogP contribution in [0.15, 0.2) is 82.7 Å². The van der Waals surface area contributed by atoms with E-state index in [0.29, 0.717) is 31.3 Å². The van der Waals surface area contributed by atoms with Gasteiger partial charge in [0.2, 0.25) is 5.13 Å². The topological polar surface area (TPSA) is 83.4 Å². The minimum Gasteiger partial charge on any atom is -0.507 e. The molecule has 0 radical (unpaired) electrons. The van der Waals surface area contributed by atoms with Gasteiger partial charge in [-0.15, -0.1) is 10.2 Å². The van der Waals surface area contributed by atoms with Gasteiger partial charge in [0.1, 0.15) is 11.6 Å². The highest BCUT2D eigenvalue weighted by Crippen LogP contribution is 2.44. The molecule has 5 rings (SSSR count). The lowest BCUT2D eigenvalue weighted by atomic mass is 9.95. The van der Waals surface area contributed by atoms with E-state index in [1.807, 2.05) is 12.1 Å². The van der Waals surface area contributed by atoms with Gasteiger partial charge in [-0.1, -0.05) is 70.6 Å². The molecule has 1 saturated heterocycles. The van der Waals surface area contributed by atoms with Crippen molar-refractivity contribution >= 4 is 68.9 Å². The van der Waals surface area contributed by atoms with Gasteiger partial charge in [-0.05, 0) is 59.7 Å². The van der Waals surface area contributed by atoms with Crippen molar-refractivity contribution in [1.29, 1.82) is 0 Å². The Morgan fingerprint density at radius 3 is 2.22 bits per heavy atom. The van der Waals surface area contributed by atoms with Crippen LogP contribution in [-0.4, -0.2) is 27.0 Å². The third-order valence-electron chi connectivity index (χ3n) is 5.63. The van der Waals surface area contributed by atoms with Crippen LogP contribution in [0.2, 0.25) is 10.0 Å². The molecule has 37 heavy (non-hydrogen) atoms. The summed E-state index contributed by atoms with van der Waals surface area (Å²) in [6.07, 6.45) is 0. The zero-order chi connectivity index (χ0) is 26.1. The molecule has 1 aliphatic heterocycles. The second kappa shape index (κ2) is 10.6. The van der Waals surface area contributed by atoms with E-state index in [9.17, 15) is 19.1 Å². The van der Waals surface area contributed by atoms with Crippen molar-refractivity contribution in [2.24, 2.45) is 0 Å². The van der Waals surface area contributed by atoms with Crippen LogP contribution in [0.3, 0.4) is 0 Å². The van der Waals surface area contributed by atoms with Crippen molar-refractivity contribution in [2.75, 3.05) is 4.90 Å². The molecule has 3 aromatic carbocycles. The number of aliphatic hydroxyl groups excluding tert-OH is 1. The quantitative estimate of drug-likeness (QED) is 0.0890. The van der Waals surface area contributed by atoms with E-state index in [1.165, 1.54) is 40.9 Å². The number of thioether (sulfide) groups is 1. The predicted molar refractivity (Wildman–Crippen MR) is 144 cm³/mol. The number of carbonyl (C=O) groups is 2. The molecule has 4 aromatic rings. The molecule has 1 atom stereocenters. The van der Waals surface area contributed by atoms with Crippen LogP contribution in [0.4, 0.5) is 9.52 Å². The summed E-state index contributed by atoms with van der Waals surface area (Å²) in [7, 11) is 0. The van der Waals surface area contributed by atoms with Gasteiger partial charge in [-0.3, -0.25) is 14.5 Å². The second-order valence-electron chi connectivity index (χ2n) is 7.99. The molecule has 1 amide bonds. The molecule has 11 heteroatoms. The average Bonchev–Trinajstić information content (AvgIpc) is 3.46. The van der Waals surface area contributed by atoms with Crippen LogP contribution < -0.4 is 4.90 Å². The van der Waals surface area contributed by atoms with Gasteiger partial charge in [0, 0.05) is 21.4 Å². The highest BCUT2D eigenvalue weighted by molar-refractivity contribution is 8.00. The Balaban J connectivity index is 1.53. The van der Waals surface area contributed by atoms with E-state index in [1.54, 1.807) is 36.4 Å². The number of benzene rings is 3. The van der Waals surface area contributed by atoms with Gasteiger partial charge in [0.25, 0.3) is 5.78 Å². The molecule has 2 heterocycles. The minimum atomic E-state index is -1.03. The Hall–Kier alpha value is -3.24. The fourth-order valence-electron chi connectivity index (χ4n) is 3.84. The number of amides is 1. The predicted octanol–water partition coefficient (Wildman–Crippen LogP) is 6.90. The molecular weight excluding hydrogens is 556 g/mol. The van der Waals surface area contributed by atoms with Gasteiger partial charge in [-0.25, -0.2) is 4.39 Å². The van der Waals surface area contributed by atoms with Gasteiger partial charge in [0.15, 0.2) is 4.34 Å². The number of anilines is 1. The van der Waals surface area contributed by atoms with E-state index in [2.05, 4.69) is 10.2 Å². The first-order chi connectivity index (χ1) is 17.8. The Morgan fingerprint density at radius 2 is 1.57 bits per heavy atom. The van der Waals surface area contributed by atoms with Crippen LogP contribution in [0.5, 0.6) is 0 Å². The number of halogens is 3. The van der Waals surface area contributed by atoms with Gasteiger partial charge >= 0.3 is 5.91 Å². The standard InChI is InChI=1S/C26H16Cl2FN3O3S2/c27-17-7-1-14(2-8-17)13-36-26-31-30-25(37-26)32-21(15-5-11-19(29)12-6-15)20(23(34)24(32)35)22(33)16-3-9-18(28)10-4-16/h1-12,21,33H,13H2/b22-20-. The zero-order valence-electron chi connectivity index (χ0n) is 18.8. The maximum Gasteiger partial charge on any atom is 0.301 e. The summed E-state index contributed by atoms with van der Waals surface area (Å²) < 4.78 is 14.3. The SMILES string of the molecule is O=C1C(=O)N(c2nnc(SCc3ccc(Cl)cc3)s2)C(c2ccc(F)cc2)/C1=C(/O)c1ccc(Cl)cc1. The van der Waals surface area contributed by atoms with Crippen molar-refractivity contribution in [1.82, 2.24) is 10.2 Å². The fraction of sp³-hybridized carbons (Fsp3) is 0.0769. The summed E-state index contributed by atoms with van der Waals surface area (Å²) in [4.78, 5) is 27.6. The Morgan fingerprint density at radius 1 is 0.946 bits per heavy atom. The Labute approximate surface area is 229 Å². The van der Waals surface area contributed by atoms with Crippen LogP contribution in [-0.2, 0) is 15.3 Å². The average molecular weight is 572 g/mol. The van der Waals surface area contributed by atoms with Crippen molar-refractivity contribution in [3.05, 3.63) is 111 Å². The van der Waals surface area contributed by atoms with E-state index in [-0.39, 0.29) is 16.5 Å². The van der Waals surface area contributed by atoms with Gasteiger partial charge in [-0.2, -0.15) is 0 Å². The van der Waals surface area contributed by atoms with Crippen LogP contribution in [0.1, 0.15) is 22.7 Å². The zero-order valence-corrected chi connectivity index (χ0v) is 21.9. The maximum absolute atomic E-state index is 13.7. The normalized spacial score (nSPS) is 16.9. The summed E-state index contributed by atoms with van der Waals surface area (Å²) >= 11 is 14.5. The molecule has 6 nitrogen and oxygen atoms in total. The van der Waals surface area contributed by atoms with E-state index >= 15 is 0 Å². The molecule has 186 valence electrons.